The third-order valence-electron chi connectivity index (χ3n) is 6.12. The van der Waals surface area contributed by atoms with Gasteiger partial charge in [0.25, 0.3) is 0 Å². The molecule has 6 heteroatoms. The molecule has 0 radical (unpaired) electrons. The van der Waals surface area contributed by atoms with Gasteiger partial charge in [-0.2, -0.15) is 0 Å². The van der Waals surface area contributed by atoms with Crippen LogP contribution in [0.3, 0.4) is 0 Å². The summed E-state index contributed by atoms with van der Waals surface area (Å²) in [4.78, 5) is 21.3. The second-order valence-electron chi connectivity index (χ2n) is 8.25. The van der Waals surface area contributed by atoms with Crippen molar-refractivity contribution in [1.82, 2.24) is 10.2 Å². The summed E-state index contributed by atoms with van der Waals surface area (Å²) in [7, 11) is 0. The van der Waals surface area contributed by atoms with Crippen LogP contribution in [0.15, 0.2) is 39.7 Å². The van der Waals surface area contributed by atoms with Gasteiger partial charge >= 0.3 is 0 Å². The van der Waals surface area contributed by atoms with Gasteiger partial charge in [0.05, 0.1) is 6.54 Å². The molecule has 1 amide bonds. The Morgan fingerprint density at radius 1 is 1.30 bits per heavy atom. The summed E-state index contributed by atoms with van der Waals surface area (Å²) < 4.78 is 5.66. The minimum atomic E-state index is 0.304. The lowest BCUT2D eigenvalue weighted by atomic mass is 9.98. The van der Waals surface area contributed by atoms with E-state index in [0.29, 0.717) is 24.8 Å². The summed E-state index contributed by atoms with van der Waals surface area (Å²) in [6.45, 7) is 10.1. The van der Waals surface area contributed by atoms with Crippen molar-refractivity contribution in [3.8, 4) is 0 Å². The highest BCUT2D eigenvalue weighted by Crippen LogP contribution is 2.38. The number of guanidine groups is 1. The number of para-hydroxylation sites is 1. The van der Waals surface area contributed by atoms with Crippen molar-refractivity contribution >= 4 is 17.6 Å². The van der Waals surface area contributed by atoms with Crippen molar-refractivity contribution < 1.29 is 9.21 Å². The number of hydrogen-bond acceptors (Lipinski definition) is 3. The van der Waals surface area contributed by atoms with Crippen LogP contribution in [-0.4, -0.2) is 42.9 Å². The van der Waals surface area contributed by atoms with Gasteiger partial charge in [0, 0.05) is 49.8 Å². The van der Waals surface area contributed by atoms with Crippen LogP contribution in [0.25, 0.3) is 0 Å². The zero-order valence-corrected chi connectivity index (χ0v) is 18.3. The first-order valence-corrected chi connectivity index (χ1v) is 11.0. The van der Waals surface area contributed by atoms with Gasteiger partial charge in [-0.15, -0.1) is 0 Å². The largest absolute Gasteiger partial charge is 0.466 e. The first kappa shape index (κ1) is 20.5. The van der Waals surface area contributed by atoms with Crippen LogP contribution in [0.1, 0.15) is 54.8 Å². The Morgan fingerprint density at radius 3 is 2.83 bits per heavy atom. The molecule has 1 unspecified atom stereocenters. The molecule has 1 aromatic carbocycles. The predicted molar refractivity (Wildman–Crippen MR) is 120 cm³/mol. The Morgan fingerprint density at radius 2 is 2.13 bits per heavy atom. The van der Waals surface area contributed by atoms with Gasteiger partial charge in [-0.1, -0.05) is 18.2 Å². The van der Waals surface area contributed by atoms with Crippen LogP contribution >= 0.6 is 0 Å². The molecule has 2 aliphatic rings. The summed E-state index contributed by atoms with van der Waals surface area (Å²) in [5, 5.41) is 3.47. The van der Waals surface area contributed by atoms with E-state index >= 15 is 0 Å². The number of rotatable bonds is 6. The monoisotopic (exact) mass is 408 g/mol. The van der Waals surface area contributed by atoms with Crippen molar-refractivity contribution in [2.24, 2.45) is 4.99 Å². The molecule has 30 heavy (non-hydrogen) atoms. The van der Waals surface area contributed by atoms with Crippen molar-refractivity contribution in [3.05, 3.63) is 53.0 Å². The van der Waals surface area contributed by atoms with Crippen molar-refractivity contribution in [3.63, 3.8) is 0 Å². The lowest BCUT2D eigenvalue weighted by Crippen LogP contribution is -2.41. The van der Waals surface area contributed by atoms with Crippen LogP contribution in [0.5, 0.6) is 0 Å². The summed E-state index contributed by atoms with van der Waals surface area (Å²) in [6.07, 6.45) is 2.69. The number of nitrogens with one attached hydrogen (secondary N) is 1. The molecule has 1 fully saturated rings. The fourth-order valence-electron chi connectivity index (χ4n) is 4.59. The Hall–Kier alpha value is -2.76. The molecule has 0 aliphatic carbocycles. The number of carbonyl (C=O) groups is 1. The number of likely N-dealkylation sites (tertiary alicyclic amines) is 1. The number of nitrogens with zero attached hydrogens (tertiary/aromatic N) is 3. The van der Waals surface area contributed by atoms with Gasteiger partial charge in [-0.25, -0.2) is 4.99 Å². The van der Waals surface area contributed by atoms with Crippen LogP contribution in [0.4, 0.5) is 5.69 Å². The van der Waals surface area contributed by atoms with Crippen LogP contribution < -0.4 is 10.2 Å². The first-order chi connectivity index (χ1) is 14.6. The van der Waals surface area contributed by atoms with E-state index in [1.165, 1.54) is 11.3 Å². The van der Waals surface area contributed by atoms with Crippen molar-refractivity contribution in [2.75, 3.05) is 31.1 Å². The van der Waals surface area contributed by atoms with E-state index in [9.17, 15) is 4.79 Å². The van der Waals surface area contributed by atoms with Gasteiger partial charge in [0.15, 0.2) is 5.96 Å². The maximum Gasteiger partial charge on any atom is 0.222 e. The molecule has 1 N–H and O–H groups in total. The van der Waals surface area contributed by atoms with E-state index in [0.717, 1.165) is 62.1 Å². The summed E-state index contributed by atoms with van der Waals surface area (Å²) in [6, 6.07) is 10.7. The van der Waals surface area contributed by atoms with Gasteiger partial charge < -0.3 is 19.5 Å². The van der Waals surface area contributed by atoms with E-state index < -0.39 is 0 Å². The average molecular weight is 409 g/mol. The van der Waals surface area contributed by atoms with E-state index in [-0.39, 0.29) is 0 Å². The fraction of sp³-hybridized carbons (Fsp3) is 0.500. The van der Waals surface area contributed by atoms with Gasteiger partial charge in [-0.3, -0.25) is 4.79 Å². The molecule has 6 nitrogen and oxygen atoms in total. The minimum absolute atomic E-state index is 0.304. The summed E-state index contributed by atoms with van der Waals surface area (Å²) in [5.41, 5.74) is 3.69. The minimum Gasteiger partial charge on any atom is -0.466 e. The number of anilines is 1. The third kappa shape index (κ3) is 4.23. The van der Waals surface area contributed by atoms with Crippen LogP contribution in [0, 0.1) is 13.8 Å². The lowest BCUT2D eigenvalue weighted by Gasteiger charge is -2.23. The van der Waals surface area contributed by atoms with Gasteiger partial charge in [0.2, 0.25) is 5.91 Å². The normalized spacial score (nSPS) is 19.0. The maximum absolute atomic E-state index is 12.0. The Kier molecular flexibility index (Phi) is 6.11. The average Bonchev–Trinajstić information content (AvgIpc) is 3.40. The number of amides is 1. The number of carbonyl (C=O) groups excluding carboxylic acids is 1. The topological polar surface area (TPSA) is 61.1 Å². The van der Waals surface area contributed by atoms with Crippen LogP contribution in [0.2, 0.25) is 0 Å². The fourth-order valence-corrected chi connectivity index (χ4v) is 4.59. The van der Waals surface area contributed by atoms with Crippen molar-refractivity contribution in [1.29, 1.82) is 0 Å². The molecular weight excluding hydrogens is 376 g/mol. The highest BCUT2D eigenvalue weighted by atomic mass is 16.3. The number of fused-ring (bicyclic) bond motifs is 1. The number of furan rings is 1. The standard InChI is InChI=1S/C24H32N4O2/c1-4-25-24(26-15-20-14-17(2)30-18(20)3)28-16-19(21-8-5-6-9-22(21)28)11-13-27-12-7-10-23(27)29/h5-6,8-9,14,19H,4,7,10-13,15-16H2,1-3H3,(H,25,26). The Balaban J connectivity index is 1.53. The van der Waals surface area contributed by atoms with Crippen LogP contribution in [-0.2, 0) is 11.3 Å². The quantitative estimate of drug-likeness (QED) is 0.580. The number of aliphatic imine (C=N–C) groups is 1. The molecule has 1 saturated heterocycles. The van der Waals surface area contributed by atoms with Gasteiger partial charge in [0.1, 0.15) is 11.5 Å². The Bertz CT molecular complexity index is 933. The zero-order valence-electron chi connectivity index (χ0n) is 18.3. The van der Waals surface area contributed by atoms with Crippen molar-refractivity contribution in [2.45, 2.75) is 52.5 Å². The molecule has 3 heterocycles. The van der Waals surface area contributed by atoms with E-state index in [4.69, 9.17) is 9.41 Å². The predicted octanol–water partition coefficient (Wildman–Crippen LogP) is 3.98. The molecule has 1 atom stereocenters. The van der Waals surface area contributed by atoms with E-state index in [1.54, 1.807) is 0 Å². The second kappa shape index (κ2) is 8.94. The lowest BCUT2D eigenvalue weighted by molar-refractivity contribution is -0.127. The third-order valence-corrected chi connectivity index (χ3v) is 6.12. The smallest absolute Gasteiger partial charge is 0.222 e. The Labute approximate surface area is 179 Å². The summed E-state index contributed by atoms with van der Waals surface area (Å²) in [5.74, 6) is 3.46. The molecule has 0 saturated carbocycles. The van der Waals surface area contributed by atoms with Gasteiger partial charge in [-0.05, 0) is 51.3 Å². The number of benzene rings is 1. The molecule has 0 spiro atoms. The number of hydrogen-bond donors (Lipinski definition) is 1. The van der Waals surface area contributed by atoms with E-state index in [2.05, 4.69) is 47.5 Å². The molecular formula is C24H32N4O2. The molecule has 2 aliphatic heterocycles. The molecule has 160 valence electrons. The SMILES string of the molecule is CCNC(=NCc1cc(C)oc1C)N1CC(CCN2CCCC2=O)c2ccccc21. The highest BCUT2D eigenvalue weighted by Gasteiger charge is 2.32. The second-order valence-corrected chi connectivity index (χ2v) is 8.25. The maximum atomic E-state index is 12.0. The number of aryl methyl sites for hydroxylation is 2. The molecule has 2 aromatic rings. The first-order valence-electron chi connectivity index (χ1n) is 11.0. The zero-order chi connectivity index (χ0) is 21.1. The molecule has 4 rings (SSSR count). The molecule has 1 aromatic heterocycles. The van der Waals surface area contributed by atoms with E-state index in [1.807, 2.05) is 18.7 Å². The molecule has 0 bridgehead atoms. The summed E-state index contributed by atoms with van der Waals surface area (Å²) >= 11 is 0. The highest BCUT2D eigenvalue weighted by molar-refractivity contribution is 5.98.